The second-order valence-corrected chi connectivity index (χ2v) is 13.2. The fourth-order valence-corrected chi connectivity index (χ4v) is 6.42. The van der Waals surface area contributed by atoms with E-state index in [1.165, 1.54) is 0 Å². The van der Waals surface area contributed by atoms with Crippen molar-refractivity contribution >= 4 is 23.8 Å². The maximum absolute atomic E-state index is 11.5. The Bertz CT molecular complexity index is 1080. The summed E-state index contributed by atoms with van der Waals surface area (Å²) in [5.41, 5.74) is 1.96. The van der Waals surface area contributed by atoms with Crippen molar-refractivity contribution in [2.24, 2.45) is 0 Å². The molecule has 0 aliphatic rings. The van der Waals surface area contributed by atoms with Crippen LogP contribution in [0.1, 0.15) is 31.9 Å². The third-order valence-electron chi connectivity index (χ3n) is 6.09. The lowest BCUT2D eigenvalue weighted by Crippen LogP contribution is -2.24. The van der Waals surface area contributed by atoms with Crippen molar-refractivity contribution in [2.75, 3.05) is 54.5 Å². The third kappa shape index (κ3) is 8.20. The van der Waals surface area contributed by atoms with E-state index in [1.807, 2.05) is 52.5 Å². The molecule has 0 spiro atoms. The molecule has 1 N–H and O–H groups in total. The van der Waals surface area contributed by atoms with Gasteiger partial charge in [-0.15, -0.1) is 0 Å². The van der Waals surface area contributed by atoms with Crippen LogP contribution in [-0.2, 0) is 5.41 Å². The van der Waals surface area contributed by atoms with Crippen LogP contribution in [0.5, 0.6) is 17.2 Å². The molecule has 3 rings (SSSR count). The van der Waals surface area contributed by atoms with Crippen molar-refractivity contribution in [3.63, 3.8) is 0 Å². The molecule has 0 fully saturated rings. The lowest BCUT2D eigenvalue weighted by molar-refractivity contribution is 0.261. The van der Waals surface area contributed by atoms with Gasteiger partial charge in [-0.05, 0) is 95.0 Å². The normalized spacial score (nSPS) is 12.0. The molecular formula is C31H43N2O3P. The van der Waals surface area contributed by atoms with Crippen LogP contribution in [-0.4, -0.2) is 69.4 Å². The van der Waals surface area contributed by atoms with Gasteiger partial charge in [0.05, 0.1) is 0 Å². The average molecular weight is 523 g/mol. The van der Waals surface area contributed by atoms with E-state index in [1.54, 1.807) is 0 Å². The van der Waals surface area contributed by atoms with Gasteiger partial charge in [-0.2, -0.15) is 0 Å². The summed E-state index contributed by atoms with van der Waals surface area (Å²) in [7, 11) is 7.17. The smallest absolute Gasteiger partial charge is 0.127 e. The van der Waals surface area contributed by atoms with E-state index in [0.717, 1.165) is 51.6 Å². The highest BCUT2D eigenvalue weighted by molar-refractivity contribution is 7.80. The van der Waals surface area contributed by atoms with Gasteiger partial charge in [0, 0.05) is 24.0 Å². The molecular weight excluding hydrogens is 479 g/mol. The number of rotatable bonds is 11. The van der Waals surface area contributed by atoms with Gasteiger partial charge in [0.2, 0.25) is 0 Å². The van der Waals surface area contributed by atoms with Crippen molar-refractivity contribution < 1.29 is 14.6 Å². The van der Waals surface area contributed by atoms with Crippen molar-refractivity contribution in [1.82, 2.24) is 9.80 Å². The monoisotopic (exact) mass is 522 g/mol. The van der Waals surface area contributed by atoms with Gasteiger partial charge in [0.15, 0.2) is 0 Å². The molecule has 0 atom stereocenters. The second kappa shape index (κ2) is 12.8. The Morgan fingerprint density at radius 3 is 1.54 bits per heavy atom. The number of aromatic hydroxyl groups is 1. The lowest BCUT2D eigenvalue weighted by Gasteiger charge is -2.27. The summed E-state index contributed by atoms with van der Waals surface area (Å²) in [6.45, 7) is 11.6. The standard InChI is InChI=1S/C31H43N2O3P/c1-23-21-28(31(2,3)4)30(34)29(22-23)37(26-13-9-24(10-14-26)35-19-17-32(5)6)27-15-11-25(12-16-27)36-20-18-33(7)8/h9-16,21-22,34H,17-20H2,1-8H3. The molecule has 0 saturated heterocycles. The van der Waals surface area contributed by atoms with E-state index >= 15 is 0 Å². The maximum atomic E-state index is 11.5. The summed E-state index contributed by atoms with van der Waals surface area (Å²) in [5, 5.41) is 14.8. The predicted octanol–water partition coefficient (Wildman–Crippen LogP) is 4.64. The number of hydrogen-bond donors (Lipinski definition) is 1. The molecule has 0 amide bonds. The molecule has 0 heterocycles. The van der Waals surface area contributed by atoms with Crippen LogP contribution in [0.2, 0.25) is 0 Å². The van der Waals surface area contributed by atoms with E-state index in [9.17, 15) is 5.11 Å². The first-order chi connectivity index (χ1) is 17.5. The van der Waals surface area contributed by atoms with Crippen molar-refractivity contribution in [3.05, 3.63) is 71.8 Å². The zero-order chi connectivity index (χ0) is 27.2. The summed E-state index contributed by atoms with van der Waals surface area (Å²) in [6.07, 6.45) is 0. The number of benzene rings is 3. The van der Waals surface area contributed by atoms with Crippen LogP contribution in [0.3, 0.4) is 0 Å². The Kier molecular flexibility index (Phi) is 10.0. The Hall–Kier alpha value is -2.59. The summed E-state index contributed by atoms with van der Waals surface area (Å²) in [5.74, 6) is 2.10. The Labute approximate surface area is 224 Å². The Morgan fingerprint density at radius 2 is 1.16 bits per heavy atom. The van der Waals surface area contributed by atoms with Crippen LogP contribution in [0.15, 0.2) is 60.7 Å². The first-order valence-corrected chi connectivity index (χ1v) is 14.2. The molecule has 200 valence electrons. The minimum atomic E-state index is -0.995. The number of phenols is 1. The molecule has 3 aromatic carbocycles. The number of hydrogen-bond acceptors (Lipinski definition) is 5. The summed E-state index contributed by atoms with van der Waals surface area (Å²) < 4.78 is 11.9. The topological polar surface area (TPSA) is 45.2 Å². The molecule has 5 nitrogen and oxygen atoms in total. The SMILES string of the molecule is Cc1cc(P(c2ccc(OCCN(C)C)cc2)c2ccc(OCCN(C)C)cc2)c(O)c(C(C)(C)C)c1. The third-order valence-corrected chi connectivity index (χ3v) is 8.54. The molecule has 0 aliphatic carbocycles. The van der Waals surface area contributed by atoms with Crippen LogP contribution < -0.4 is 25.4 Å². The highest BCUT2D eigenvalue weighted by atomic mass is 31.1. The molecule has 0 bridgehead atoms. The van der Waals surface area contributed by atoms with Gasteiger partial charge in [-0.25, -0.2) is 0 Å². The predicted molar refractivity (Wildman–Crippen MR) is 158 cm³/mol. The van der Waals surface area contributed by atoms with Crippen LogP contribution in [0, 0.1) is 6.92 Å². The van der Waals surface area contributed by atoms with Gasteiger partial charge < -0.3 is 24.4 Å². The van der Waals surface area contributed by atoms with Crippen molar-refractivity contribution in [2.45, 2.75) is 33.1 Å². The Balaban J connectivity index is 2.00. The summed E-state index contributed by atoms with van der Waals surface area (Å²) in [6, 6.07) is 20.9. The second-order valence-electron chi connectivity index (χ2n) is 11.1. The molecule has 3 aromatic rings. The molecule has 0 aromatic heterocycles. The molecule has 0 unspecified atom stereocenters. The minimum absolute atomic E-state index is 0.167. The summed E-state index contributed by atoms with van der Waals surface area (Å²) >= 11 is 0. The first kappa shape index (κ1) is 29.0. The van der Waals surface area contributed by atoms with E-state index < -0.39 is 7.92 Å². The van der Waals surface area contributed by atoms with Crippen LogP contribution in [0.4, 0.5) is 0 Å². The fraction of sp³-hybridized carbons (Fsp3) is 0.419. The molecule has 6 heteroatoms. The highest BCUT2D eigenvalue weighted by Crippen LogP contribution is 2.41. The number of ether oxygens (including phenoxy) is 2. The van der Waals surface area contributed by atoms with E-state index in [4.69, 9.17) is 9.47 Å². The fourth-order valence-electron chi connectivity index (χ4n) is 4.00. The van der Waals surface area contributed by atoms with Gasteiger partial charge in [-0.3, -0.25) is 0 Å². The van der Waals surface area contributed by atoms with Gasteiger partial charge in [0.1, 0.15) is 30.5 Å². The molecule has 37 heavy (non-hydrogen) atoms. The van der Waals surface area contributed by atoms with Crippen LogP contribution in [0.25, 0.3) is 0 Å². The number of aryl methyl sites for hydroxylation is 1. The largest absolute Gasteiger partial charge is 0.507 e. The Morgan fingerprint density at radius 1 is 0.730 bits per heavy atom. The van der Waals surface area contributed by atoms with Gasteiger partial charge in [-0.1, -0.05) is 51.1 Å². The first-order valence-electron chi connectivity index (χ1n) is 12.8. The van der Waals surface area contributed by atoms with E-state index in [-0.39, 0.29) is 5.41 Å². The van der Waals surface area contributed by atoms with Crippen LogP contribution >= 0.6 is 7.92 Å². The van der Waals surface area contributed by atoms with Crippen molar-refractivity contribution in [1.29, 1.82) is 0 Å². The highest BCUT2D eigenvalue weighted by Gasteiger charge is 2.26. The molecule has 0 saturated carbocycles. The lowest BCUT2D eigenvalue weighted by atomic mass is 9.85. The number of nitrogens with zero attached hydrogens (tertiary/aromatic N) is 2. The quantitative estimate of drug-likeness (QED) is 0.372. The average Bonchev–Trinajstić information content (AvgIpc) is 2.82. The summed E-state index contributed by atoms with van der Waals surface area (Å²) in [4.78, 5) is 4.21. The number of likely N-dealkylation sites (N-methyl/N-ethyl adjacent to an activating group) is 2. The zero-order valence-corrected chi connectivity index (χ0v) is 24.6. The van der Waals surface area contributed by atoms with Crippen molar-refractivity contribution in [3.8, 4) is 17.2 Å². The maximum Gasteiger partial charge on any atom is 0.127 e. The van der Waals surface area contributed by atoms with E-state index in [0.29, 0.717) is 19.0 Å². The minimum Gasteiger partial charge on any atom is -0.507 e. The van der Waals surface area contributed by atoms with Gasteiger partial charge in [0.25, 0.3) is 0 Å². The van der Waals surface area contributed by atoms with Gasteiger partial charge >= 0.3 is 0 Å². The van der Waals surface area contributed by atoms with E-state index in [2.05, 4.69) is 73.9 Å². The molecule has 0 radical (unpaired) electrons. The number of phenolic OH excluding ortho intramolecular Hbond substituents is 1. The molecule has 0 aliphatic heterocycles. The zero-order valence-electron chi connectivity index (χ0n) is 23.7.